The van der Waals surface area contributed by atoms with Crippen molar-refractivity contribution in [2.75, 3.05) is 6.73 Å². The van der Waals surface area contributed by atoms with Gasteiger partial charge in [0, 0.05) is 6.08 Å². The third kappa shape index (κ3) is 2.06. The van der Waals surface area contributed by atoms with Gasteiger partial charge in [-0.05, 0) is 6.08 Å². The van der Waals surface area contributed by atoms with Gasteiger partial charge in [0.15, 0.2) is 0 Å². The second-order valence-corrected chi connectivity index (χ2v) is 2.08. The number of allylic oxidation sites excluding steroid dienone is 1. The Hall–Kier alpha value is -1.37. The number of aliphatic imine (C=N–C) groups is 1. The number of amidine groups is 1. The predicted octanol–water partition coefficient (Wildman–Crippen LogP) is -1.40. The topological polar surface area (TPSA) is 85.9 Å². The highest BCUT2D eigenvalue weighted by atomic mass is 16.3. The highest BCUT2D eigenvalue weighted by molar-refractivity contribution is 5.93. The largest absolute Gasteiger partial charge is 0.374 e. The number of nitrogens with one attached hydrogen (secondary N) is 2. The summed E-state index contributed by atoms with van der Waals surface area (Å²) < 4.78 is 0. The normalized spacial score (nSPS) is 21.2. The van der Waals surface area contributed by atoms with Crippen LogP contribution < -0.4 is 16.7 Å². The third-order valence-electron chi connectivity index (χ3n) is 1.24. The fourth-order valence-electron chi connectivity index (χ4n) is 0.764. The summed E-state index contributed by atoms with van der Waals surface area (Å²) in [5.41, 5.74) is 6.09. The van der Waals surface area contributed by atoms with Gasteiger partial charge in [-0.2, -0.15) is 0 Å². The summed E-state index contributed by atoms with van der Waals surface area (Å²) in [6.45, 7) is 3.27. The van der Waals surface area contributed by atoms with Gasteiger partial charge in [-0.1, -0.05) is 11.8 Å². The first-order valence-electron chi connectivity index (χ1n) is 3.34. The van der Waals surface area contributed by atoms with Gasteiger partial charge in [0.05, 0.1) is 5.70 Å². The molecule has 5 N–H and O–H groups in total. The minimum Gasteiger partial charge on any atom is -0.374 e. The molecule has 12 heavy (non-hydrogen) atoms. The molecule has 0 aromatic rings. The molecule has 0 aliphatic carbocycles. The maximum absolute atomic E-state index is 8.50. The standard InChI is InChI=1S/C6H11N5O/c1-2-5-3-6(8-4-12)10-11(7)9-5/h2-3,9,12H,1,4,7H2,(H,8,10). The molecule has 0 radical (unpaired) electrons. The van der Waals surface area contributed by atoms with Crippen molar-refractivity contribution in [1.82, 2.24) is 16.1 Å². The van der Waals surface area contributed by atoms with Crippen molar-refractivity contribution in [1.29, 1.82) is 0 Å². The van der Waals surface area contributed by atoms with Crippen LogP contribution in [0.3, 0.4) is 0 Å². The zero-order valence-corrected chi connectivity index (χ0v) is 6.49. The van der Waals surface area contributed by atoms with E-state index in [1.54, 1.807) is 12.2 Å². The molecule has 6 heteroatoms. The minimum absolute atomic E-state index is 0.281. The van der Waals surface area contributed by atoms with Gasteiger partial charge >= 0.3 is 0 Å². The van der Waals surface area contributed by atoms with E-state index in [4.69, 9.17) is 10.9 Å². The second-order valence-electron chi connectivity index (χ2n) is 2.08. The number of rotatable bonds is 2. The molecule has 0 aromatic heterocycles. The molecule has 0 saturated heterocycles. The van der Waals surface area contributed by atoms with Crippen molar-refractivity contribution in [3.63, 3.8) is 0 Å². The van der Waals surface area contributed by atoms with Gasteiger partial charge in [0.1, 0.15) is 12.6 Å². The van der Waals surface area contributed by atoms with Gasteiger partial charge in [0.25, 0.3) is 0 Å². The van der Waals surface area contributed by atoms with E-state index in [9.17, 15) is 0 Å². The Labute approximate surface area is 70.0 Å². The molecule has 0 saturated carbocycles. The first-order chi connectivity index (χ1) is 5.76. The van der Waals surface area contributed by atoms with Crippen LogP contribution in [-0.2, 0) is 0 Å². The number of aliphatic hydroxyl groups excluding tert-OH is 1. The highest BCUT2D eigenvalue weighted by Crippen LogP contribution is 1.95. The molecule has 1 rings (SSSR count). The number of hydrogen-bond acceptors (Lipinski definition) is 5. The summed E-state index contributed by atoms with van der Waals surface area (Å²) in [4.78, 5) is 3.71. The summed E-state index contributed by atoms with van der Waals surface area (Å²) in [5.74, 6) is 5.86. The highest BCUT2D eigenvalue weighted by Gasteiger charge is 2.08. The van der Waals surface area contributed by atoms with Crippen molar-refractivity contribution < 1.29 is 5.11 Å². The van der Waals surface area contributed by atoms with E-state index >= 15 is 0 Å². The molecular weight excluding hydrogens is 158 g/mol. The van der Waals surface area contributed by atoms with E-state index in [2.05, 4.69) is 22.4 Å². The van der Waals surface area contributed by atoms with Crippen molar-refractivity contribution in [2.24, 2.45) is 10.8 Å². The second kappa shape index (κ2) is 3.86. The molecule has 0 amide bonds. The van der Waals surface area contributed by atoms with Crippen LogP contribution in [0.25, 0.3) is 0 Å². The van der Waals surface area contributed by atoms with E-state index in [1.807, 2.05) is 0 Å². The summed E-state index contributed by atoms with van der Waals surface area (Å²) in [6.07, 6.45) is 3.26. The van der Waals surface area contributed by atoms with Crippen LogP contribution in [0.4, 0.5) is 0 Å². The van der Waals surface area contributed by atoms with E-state index in [-0.39, 0.29) is 6.73 Å². The molecular formula is C6H11N5O. The Morgan fingerprint density at radius 1 is 1.75 bits per heavy atom. The predicted molar refractivity (Wildman–Crippen MR) is 45.1 cm³/mol. The molecule has 1 aliphatic heterocycles. The third-order valence-corrected chi connectivity index (χ3v) is 1.24. The minimum atomic E-state index is -0.281. The van der Waals surface area contributed by atoms with Crippen LogP contribution in [0.1, 0.15) is 0 Å². The van der Waals surface area contributed by atoms with Gasteiger partial charge < -0.3 is 5.11 Å². The summed E-state index contributed by atoms with van der Waals surface area (Å²) in [5, 5.41) is 9.63. The lowest BCUT2D eigenvalue weighted by molar-refractivity contribution is 0.174. The number of hydrogen-bond donors (Lipinski definition) is 4. The molecule has 1 heterocycles. The molecule has 0 atom stereocenters. The lowest BCUT2D eigenvalue weighted by Crippen LogP contribution is -2.57. The molecule has 6 nitrogen and oxygen atoms in total. The smallest absolute Gasteiger partial charge is 0.142 e. The summed E-state index contributed by atoms with van der Waals surface area (Å²) >= 11 is 0. The van der Waals surface area contributed by atoms with Crippen LogP contribution in [0, 0.1) is 0 Å². The van der Waals surface area contributed by atoms with Crippen LogP contribution in [0.2, 0.25) is 0 Å². The monoisotopic (exact) mass is 169 g/mol. The molecule has 0 unspecified atom stereocenters. The van der Waals surface area contributed by atoms with Crippen LogP contribution in [0.15, 0.2) is 29.4 Å². The lowest BCUT2D eigenvalue weighted by Gasteiger charge is -2.25. The zero-order chi connectivity index (χ0) is 8.97. The van der Waals surface area contributed by atoms with Gasteiger partial charge in [-0.15, -0.1) is 0 Å². The first kappa shape index (κ1) is 8.72. The molecule has 66 valence electrons. The van der Waals surface area contributed by atoms with E-state index in [0.717, 1.165) is 5.23 Å². The lowest BCUT2D eigenvalue weighted by atomic mass is 10.3. The first-order valence-corrected chi connectivity index (χ1v) is 3.34. The fourth-order valence-corrected chi connectivity index (χ4v) is 0.764. The quantitative estimate of drug-likeness (QED) is 0.382. The Bertz CT molecular complexity index is 234. The van der Waals surface area contributed by atoms with Gasteiger partial charge in [-0.25, -0.2) is 10.8 Å². The van der Waals surface area contributed by atoms with Gasteiger partial charge in [0.2, 0.25) is 0 Å². The van der Waals surface area contributed by atoms with Crippen LogP contribution in [-0.4, -0.2) is 22.9 Å². The molecule has 1 aliphatic rings. The Morgan fingerprint density at radius 3 is 3.08 bits per heavy atom. The average Bonchev–Trinajstić information content (AvgIpc) is 2.04. The Morgan fingerprint density at radius 2 is 2.50 bits per heavy atom. The number of nitrogens with two attached hydrogens (primary N) is 1. The van der Waals surface area contributed by atoms with Crippen molar-refractivity contribution >= 4 is 5.84 Å². The summed E-state index contributed by atoms with van der Waals surface area (Å²) in [7, 11) is 0. The van der Waals surface area contributed by atoms with Crippen molar-refractivity contribution in [3.8, 4) is 0 Å². The van der Waals surface area contributed by atoms with Crippen LogP contribution in [0.5, 0.6) is 0 Å². The summed E-state index contributed by atoms with van der Waals surface area (Å²) in [6, 6.07) is 0. The SMILES string of the molecule is C=CC1=CC(=NCO)NN(N)N1. The molecule has 0 fully saturated rings. The zero-order valence-electron chi connectivity index (χ0n) is 6.49. The van der Waals surface area contributed by atoms with E-state index in [0.29, 0.717) is 11.5 Å². The number of nitrogens with zero attached hydrogens (tertiary/aromatic N) is 2. The maximum Gasteiger partial charge on any atom is 0.142 e. The van der Waals surface area contributed by atoms with E-state index in [1.165, 1.54) is 0 Å². The van der Waals surface area contributed by atoms with E-state index < -0.39 is 0 Å². The van der Waals surface area contributed by atoms with Crippen molar-refractivity contribution in [3.05, 3.63) is 24.4 Å². The molecule has 0 aromatic carbocycles. The number of hydrazine groups is 3. The molecule has 0 bridgehead atoms. The average molecular weight is 169 g/mol. The van der Waals surface area contributed by atoms with Crippen LogP contribution >= 0.6 is 0 Å². The van der Waals surface area contributed by atoms with Gasteiger partial charge in [-0.3, -0.25) is 10.9 Å². The van der Waals surface area contributed by atoms with Crippen molar-refractivity contribution in [2.45, 2.75) is 0 Å². The fraction of sp³-hybridized carbons (Fsp3) is 0.167. The molecule has 0 spiro atoms. The maximum atomic E-state index is 8.50. The Balaban J connectivity index is 2.78. The number of aliphatic hydroxyl groups is 1. The Kier molecular flexibility index (Phi) is 2.81.